The maximum absolute atomic E-state index is 11.3. The second-order valence-corrected chi connectivity index (χ2v) is 5.62. The largest absolute Gasteiger partial charge is 0.363 e. The highest BCUT2D eigenvalue weighted by molar-refractivity contribution is 5.60. The molecule has 7 nitrogen and oxygen atoms in total. The molecule has 0 aromatic carbocycles. The maximum Gasteiger partial charge on any atom is 0.334 e. The molecule has 0 amide bonds. The molecule has 0 saturated heterocycles. The molecule has 0 aliphatic heterocycles. The highest BCUT2D eigenvalue weighted by atomic mass is 16.6. The number of hydrogen-bond donors (Lipinski definition) is 1. The number of aryl methyl sites for hydroxylation is 1. The van der Waals surface area contributed by atoms with Crippen LogP contribution in [0.15, 0.2) is 0 Å². The molecule has 0 aliphatic carbocycles. The van der Waals surface area contributed by atoms with Gasteiger partial charge in [-0.25, -0.2) is 4.68 Å². The van der Waals surface area contributed by atoms with Gasteiger partial charge < -0.3 is 10.2 Å². The Bertz CT molecular complexity index is 468. The Balaban J connectivity index is 2.87. The lowest BCUT2D eigenvalue weighted by Crippen LogP contribution is -2.31. The van der Waals surface area contributed by atoms with Gasteiger partial charge in [0, 0.05) is 32.1 Å². The summed E-state index contributed by atoms with van der Waals surface area (Å²) < 4.78 is 1.56. The summed E-state index contributed by atoms with van der Waals surface area (Å²) in [5.74, 6) is 0.506. The quantitative estimate of drug-likeness (QED) is 0.613. The number of anilines is 1. The predicted octanol–water partition coefficient (Wildman–Crippen LogP) is 2.20. The standard InChI is InChI=1S/C13H25N5O2/c1-9(2)11-12(18(19)20)13(17(6)15-11)14-7-8-16(5)10(3)4/h9-10,14H,7-8H2,1-6H3. The topological polar surface area (TPSA) is 76.2 Å². The third-order valence-corrected chi connectivity index (χ3v) is 3.42. The molecule has 1 aromatic rings. The Morgan fingerprint density at radius 3 is 2.45 bits per heavy atom. The summed E-state index contributed by atoms with van der Waals surface area (Å²) in [7, 11) is 3.76. The van der Waals surface area contributed by atoms with E-state index in [9.17, 15) is 10.1 Å². The third kappa shape index (κ3) is 3.69. The van der Waals surface area contributed by atoms with Gasteiger partial charge in [0.1, 0.15) is 5.69 Å². The highest BCUT2D eigenvalue weighted by Crippen LogP contribution is 2.32. The number of rotatable bonds is 7. The molecule has 1 rings (SSSR count). The zero-order valence-corrected chi connectivity index (χ0v) is 13.2. The third-order valence-electron chi connectivity index (χ3n) is 3.42. The van der Waals surface area contributed by atoms with E-state index >= 15 is 0 Å². The van der Waals surface area contributed by atoms with Gasteiger partial charge in [-0.05, 0) is 20.9 Å². The molecular weight excluding hydrogens is 258 g/mol. The molecule has 0 fully saturated rings. The minimum atomic E-state index is -0.350. The van der Waals surface area contributed by atoms with Crippen LogP contribution in [0.2, 0.25) is 0 Å². The number of hydrogen-bond acceptors (Lipinski definition) is 5. The lowest BCUT2D eigenvalue weighted by molar-refractivity contribution is -0.384. The number of nitrogens with zero attached hydrogens (tertiary/aromatic N) is 4. The number of likely N-dealkylation sites (N-methyl/N-ethyl adjacent to an activating group) is 1. The van der Waals surface area contributed by atoms with E-state index in [1.165, 1.54) is 0 Å². The first-order chi connectivity index (χ1) is 9.25. The molecule has 0 radical (unpaired) electrons. The summed E-state index contributed by atoms with van der Waals surface area (Å²) in [6, 6.07) is 0.449. The summed E-state index contributed by atoms with van der Waals surface area (Å²) in [5.41, 5.74) is 0.618. The second kappa shape index (κ2) is 6.69. The van der Waals surface area contributed by atoms with Crippen molar-refractivity contribution in [2.75, 3.05) is 25.5 Å². The van der Waals surface area contributed by atoms with E-state index in [1.807, 2.05) is 20.9 Å². The molecule has 0 saturated carbocycles. The lowest BCUT2D eigenvalue weighted by atomic mass is 10.1. The van der Waals surface area contributed by atoms with Crippen LogP contribution in [0, 0.1) is 10.1 Å². The summed E-state index contributed by atoms with van der Waals surface area (Å²) in [6.07, 6.45) is 0. The van der Waals surface area contributed by atoms with E-state index in [0.717, 1.165) is 6.54 Å². The molecule has 114 valence electrons. The van der Waals surface area contributed by atoms with Crippen LogP contribution in [0.25, 0.3) is 0 Å². The van der Waals surface area contributed by atoms with Gasteiger partial charge in [0.15, 0.2) is 0 Å². The zero-order chi connectivity index (χ0) is 15.4. The maximum atomic E-state index is 11.3. The Morgan fingerprint density at radius 1 is 1.40 bits per heavy atom. The molecular formula is C13H25N5O2. The van der Waals surface area contributed by atoms with Crippen molar-refractivity contribution in [2.45, 2.75) is 39.7 Å². The van der Waals surface area contributed by atoms with Gasteiger partial charge >= 0.3 is 5.69 Å². The van der Waals surface area contributed by atoms with Crippen LogP contribution in [0.5, 0.6) is 0 Å². The van der Waals surface area contributed by atoms with Crippen molar-refractivity contribution in [1.29, 1.82) is 0 Å². The molecule has 20 heavy (non-hydrogen) atoms. The first kappa shape index (κ1) is 16.4. The molecule has 1 heterocycles. The summed E-state index contributed by atoms with van der Waals surface area (Å²) in [6.45, 7) is 9.51. The molecule has 7 heteroatoms. The SMILES string of the molecule is CC(C)c1nn(C)c(NCCN(C)C(C)C)c1[N+](=O)[O-]. The molecule has 0 unspecified atom stereocenters. The molecule has 0 atom stereocenters. The fourth-order valence-corrected chi connectivity index (χ4v) is 1.91. The van der Waals surface area contributed by atoms with Gasteiger partial charge in [0.05, 0.1) is 4.92 Å². The van der Waals surface area contributed by atoms with E-state index in [2.05, 4.69) is 29.2 Å². The van der Waals surface area contributed by atoms with E-state index in [4.69, 9.17) is 0 Å². The Hall–Kier alpha value is -1.63. The first-order valence-electron chi connectivity index (χ1n) is 6.91. The Kier molecular flexibility index (Phi) is 5.50. The average molecular weight is 283 g/mol. The number of aromatic nitrogens is 2. The van der Waals surface area contributed by atoms with Crippen LogP contribution in [0.3, 0.4) is 0 Å². The summed E-state index contributed by atoms with van der Waals surface area (Å²) >= 11 is 0. The van der Waals surface area contributed by atoms with Crippen molar-refractivity contribution in [2.24, 2.45) is 7.05 Å². The highest BCUT2D eigenvalue weighted by Gasteiger charge is 2.28. The summed E-state index contributed by atoms with van der Waals surface area (Å²) in [5, 5.41) is 18.7. The minimum absolute atomic E-state index is 0.0236. The van der Waals surface area contributed by atoms with Gasteiger partial charge in [0.25, 0.3) is 0 Å². The van der Waals surface area contributed by atoms with Gasteiger partial charge in [-0.1, -0.05) is 13.8 Å². The van der Waals surface area contributed by atoms with Gasteiger partial charge in [0.2, 0.25) is 5.82 Å². The van der Waals surface area contributed by atoms with Crippen LogP contribution in [0.4, 0.5) is 11.5 Å². The Labute approximate surface area is 120 Å². The number of nitrogens with one attached hydrogen (secondary N) is 1. The average Bonchev–Trinajstić information content (AvgIpc) is 2.66. The van der Waals surface area contributed by atoms with Crippen molar-refractivity contribution < 1.29 is 4.92 Å². The van der Waals surface area contributed by atoms with Crippen LogP contribution in [-0.2, 0) is 7.05 Å². The van der Waals surface area contributed by atoms with Crippen LogP contribution in [-0.4, -0.2) is 45.8 Å². The first-order valence-corrected chi connectivity index (χ1v) is 6.91. The normalized spacial score (nSPS) is 11.7. The van der Waals surface area contributed by atoms with Gasteiger partial charge in [-0.15, -0.1) is 0 Å². The van der Waals surface area contributed by atoms with Gasteiger partial charge in [-0.3, -0.25) is 10.1 Å². The molecule has 0 spiro atoms. The van der Waals surface area contributed by atoms with E-state index in [0.29, 0.717) is 24.1 Å². The van der Waals surface area contributed by atoms with Crippen LogP contribution < -0.4 is 5.32 Å². The van der Waals surface area contributed by atoms with E-state index < -0.39 is 0 Å². The van der Waals surface area contributed by atoms with Crippen molar-refractivity contribution in [1.82, 2.24) is 14.7 Å². The van der Waals surface area contributed by atoms with Crippen LogP contribution >= 0.6 is 0 Å². The van der Waals surface area contributed by atoms with Crippen molar-refractivity contribution in [3.05, 3.63) is 15.8 Å². The van der Waals surface area contributed by atoms with Crippen molar-refractivity contribution in [3.63, 3.8) is 0 Å². The molecule has 1 N–H and O–H groups in total. The number of nitro groups is 1. The van der Waals surface area contributed by atoms with E-state index in [1.54, 1.807) is 11.7 Å². The minimum Gasteiger partial charge on any atom is -0.363 e. The second-order valence-electron chi connectivity index (χ2n) is 5.62. The molecule has 1 aromatic heterocycles. The zero-order valence-electron chi connectivity index (χ0n) is 13.2. The van der Waals surface area contributed by atoms with Gasteiger partial charge in [-0.2, -0.15) is 5.10 Å². The monoisotopic (exact) mass is 283 g/mol. The summed E-state index contributed by atoms with van der Waals surface area (Å²) in [4.78, 5) is 13.1. The lowest BCUT2D eigenvalue weighted by Gasteiger charge is -2.21. The molecule has 0 aliphatic rings. The fourth-order valence-electron chi connectivity index (χ4n) is 1.91. The smallest absolute Gasteiger partial charge is 0.334 e. The van der Waals surface area contributed by atoms with Crippen molar-refractivity contribution in [3.8, 4) is 0 Å². The Morgan fingerprint density at radius 2 is 2.00 bits per heavy atom. The van der Waals surface area contributed by atoms with Crippen molar-refractivity contribution >= 4 is 11.5 Å². The van der Waals surface area contributed by atoms with E-state index in [-0.39, 0.29) is 16.5 Å². The van der Waals surface area contributed by atoms with Crippen LogP contribution in [0.1, 0.15) is 39.3 Å². The molecule has 0 bridgehead atoms. The predicted molar refractivity (Wildman–Crippen MR) is 80.2 cm³/mol. The fraction of sp³-hybridized carbons (Fsp3) is 0.769.